The number of rotatable bonds is 6. The van der Waals surface area contributed by atoms with Crippen molar-refractivity contribution in [1.82, 2.24) is 4.98 Å². The smallest absolute Gasteiger partial charge is 0.350 e. The van der Waals surface area contributed by atoms with Crippen molar-refractivity contribution in [2.24, 2.45) is 0 Å². The molecular weight excluding hydrogens is 490 g/mol. The normalized spacial score (nSPS) is 16.8. The van der Waals surface area contributed by atoms with Crippen molar-refractivity contribution < 1.29 is 33.9 Å². The fourth-order valence-corrected chi connectivity index (χ4v) is 4.84. The molecule has 11 nitrogen and oxygen atoms in total. The first-order chi connectivity index (χ1) is 17.2. The van der Waals surface area contributed by atoms with Gasteiger partial charge in [0.25, 0.3) is 11.5 Å². The van der Waals surface area contributed by atoms with Gasteiger partial charge in [-0.2, -0.15) is 0 Å². The van der Waals surface area contributed by atoms with E-state index in [-0.39, 0.29) is 38.1 Å². The predicted octanol–water partition coefficient (Wildman–Crippen LogP) is 3.78. The lowest BCUT2D eigenvalue weighted by molar-refractivity contribution is -0.384. The molecule has 0 aliphatic carbocycles. The molecular formula is C24H19N3O8S. The Bertz CT molecular complexity index is 1430. The molecule has 0 spiro atoms. The number of benzene rings is 2. The van der Waals surface area contributed by atoms with Gasteiger partial charge in [-0.25, -0.2) is 9.78 Å². The van der Waals surface area contributed by atoms with Gasteiger partial charge >= 0.3 is 11.9 Å². The Kier molecular flexibility index (Phi) is 6.53. The van der Waals surface area contributed by atoms with Crippen LogP contribution in [-0.2, 0) is 14.3 Å². The maximum absolute atomic E-state index is 13.2. The average molecular weight is 509 g/mol. The summed E-state index contributed by atoms with van der Waals surface area (Å²) in [5, 5.41) is 22.6. The lowest BCUT2D eigenvalue weighted by atomic mass is 9.95. The Morgan fingerprint density at radius 2 is 1.86 bits per heavy atom. The number of ether oxygens (including phenoxy) is 2. The molecule has 0 bridgehead atoms. The quantitative estimate of drug-likeness (QED) is 0.131. The second kappa shape index (κ2) is 9.58. The lowest BCUT2D eigenvalue weighted by Crippen LogP contribution is -2.29. The highest BCUT2D eigenvalue weighted by Gasteiger charge is 2.48. The van der Waals surface area contributed by atoms with E-state index in [0.717, 1.165) is 16.2 Å². The number of non-ortho nitro benzene ring substituents is 1. The zero-order valence-corrected chi connectivity index (χ0v) is 20.1. The second-order valence-electron chi connectivity index (χ2n) is 7.65. The number of aryl methyl sites for hydroxylation is 1. The van der Waals surface area contributed by atoms with Crippen LogP contribution in [0.2, 0.25) is 0 Å². The van der Waals surface area contributed by atoms with Crippen LogP contribution in [0, 0.1) is 17.0 Å². The zero-order valence-electron chi connectivity index (χ0n) is 19.3. The third-order valence-corrected chi connectivity index (χ3v) is 6.70. The highest BCUT2D eigenvalue weighted by Crippen LogP contribution is 2.44. The van der Waals surface area contributed by atoms with E-state index in [1.807, 2.05) is 0 Å². The van der Waals surface area contributed by atoms with Crippen LogP contribution in [0.1, 0.15) is 32.5 Å². The van der Waals surface area contributed by atoms with Crippen LogP contribution in [0.3, 0.4) is 0 Å². The molecule has 1 aliphatic heterocycles. The van der Waals surface area contributed by atoms with Crippen LogP contribution in [0.25, 0.3) is 5.76 Å². The van der Waals surface area contributed by atoms with Gasteiger partial charge in [0.05, 0.1) is 36.5 Å². The van der Waals surface area contributed by atoms with Crippen molar-refractivity contribution in [2.75, 3.05) is 19.1 Å². The number of ketones is 1. The minimum absolute atomic E-state index is 0.000266. The molecule has 2 aromatic carbocycles. The van der Waals surface area contributed by atoms with Crippen molar-refractivity contribution in [3.63, 3.8) is 0 Å². The molecule has 1 aliphatic rings. The summed E-state index contributed by atoms with van der Waals surface area (Å²) in [5.41, 5.74) is 0.156. The summed E-state index contributed by atoms with van der Waals surface area (Å²) in [6.45, 7) is 1.54. The summed E-state index contributed by atoms with van der Waals surface area (Å²) in [6, 6.07) is 10.3. The SMILES string of the molecule is COC(=O)c1sc(N2C(=O)C(=O)C(=C(O)c3ccc(OC)cc3)[C@@H]2c2cccc([N+](=O)[O-])c2)nc1C. The van der Waals surface area contributed by atoms with Gasteiger partial charge in [-0.05, 0) is 36.8 Å². The van der Waals surface area contributed by atoms with E-state index in [1.54, 1.807) is 19.1 Å². The number of carbonyl (C=O) groups excluding carboxylic acids is 3. The van der Waals surface area contributed by atoms with Crippen LogP contribution >= 0.6 is 11.3 Å². The van der Waals surface area contributed by atoms with E-state index < -0.39 is 34.4 Å². The van der Waals surface area contributed by atoms with Gasteiger partial charge in [0.1, 0.15) is 16.4 Å². The number of Topliss-reactive ketones (excluding diaryl/α,β-unsaturated/α-hetero) is 1. The number of methoxy groups -OCH3 is 2. The van der Waals surface area contributed by atoms with Crippen molar-refractivity contribution in [3.8, 4) is 5.75 Å². The Morgan fingerprint density at radius 3 is 2.47 bits per heavy atom. The van der Waals surface area contributed by atoms with E-state index in [1.165, 1.54) is 50.6 Å². The Labute approximate surface area is 208 Å². The minimum Gasteiger partial charge on any atom is -0.507 e. The first-order valence-corrected chi connectivity index (χ1v) is 11.2. The zero-order chi connectivity index (χ0) is 26.1. The molecule has 12 heteroatoms. The van der Waals surface area contributed by atoms with Crippen LogP contribution in [-0.4, -0.2) is 46.9 Å². The Balaban J connectivity index is 1.95. The maximum Gasteiger partial charge on any atom is 0.350 e. The second-order valence-corrected chi connectivity index (χ2v) is 8.63. The number of hydrogen-bond donors (Lipinski definition) is 1. The molecule has 1 atom stereocenters. The van der Waals surface area contributed by atoms with Gasteiger partial charge in [0, 0.05) is 17.7 Å². The van der Waals surface area contributed by atoms with Crippen molar-refractivity contribution in [2.45, 2.75) is 13.0 Å². The Morgan fingerprint density at radius 1 is 1.17 bits per heavy atom. The topological polar surface area (TPSA) is 149 Å². The largest absolute Gasteiger partial charge is 0.507 e. The molecule has 1 aromatic heterocycles. The first kappa shape index (κ1) is 24.5. The summed E-state index contributed by atoms with van der Waals surface area (Å²) in [5.74, 6) is -2.65. The van der Waals surface area contributed by atoms with Crippen molar-refractivity contribution >= 4 is 45.6 Å². The van der Waals surface area contributed by atoms with Gasteiger partial charge in [-0.15, -0.1) is 0 Å². The predicted molar refractivity (Wildman–Crippen MR) is 129 cm³/mol. The molecule has 2 heterocycles. The third-order valence-electron chi connectivity index (χ3n) is 5.57. The summed E-state index contributed by atoms with van der Waals surface area (Å²) in [4.78, 5) is 54.9. The van der Waals surface area contributed by atoms with E-state index >= 15 is 0 Å². The highest BCUT2D eigenvalue weighted by molar-refractivity contribution is 7.17. The summed E-state index contributed by atoms with van der Waals surface area (Å²) in [7, 11) is 2.67. The molecule has 0 radical (unpaired) electrons. The fraction of sp³-hybridized carbons (Fsp3) is 0.167. The molecule has 1 N–H and O–H groups in total. The van der Waals surface area contributed by atoms with Gasteiger partial charge in [0.2, 0.25) is 0 Å². The number of aromatic nitrogens is 1. The molecule has 36 heavy (non-hydrogen) atoms. The number of thiazole rings is 1. The molecule has 1 saturated heterocycles. The van der Waals surface area contributed by atoms with E-state index in [4.69, 9.17) is 9.47 Å². The molecule has 1 fully saturated rings. The number of hydrogen-bond acceptors (Lipinski definition) is 10. The number of nitro groups is 1. The first-order valence-electron chi connectivity index (χ1n) is 10.4. The minimum atomic E-state index is -1.25. The van der Waals surface area contributed by atoms with Crippen molar-refractivity contribution in [1.29, 1.82) is 0 Å². The third kappa shape index (κ3) is 4.18. The van der Waals surface area contributed by atoms with Crippen LogP contribution in [0.5, 0.6) is 5.75 Å². The number of amides is 1. The molecule has 3 aromatic rings. The molecule has 184 valence electrons. The van der Waals surface area contributed by atoms with Crippen molar-refractivity contribution in [3.05, 3.63) is 85.9 Å². The fourth-order valence-electron chi connectivity index (χ4n) is 3.83. The number of anilines is 1. The van der Waals surface area contributed by atoms with Crippen LogP contribution in [0.4, 0.5) is 10.8 Å². The van der Waals surface area contributed by atoms with Gasteiger partial charge < -0.3 is 14.6 Å². The summed E-state index contributed by atoms with van der Waals surface area (Å²) >= 11 is 0.831. The molecule has 0 saturated carbocycles. The monoisotopic (exact) mass is 509 g/mol. The number of carbonyl (C=O) groups is 3. The van der Waals surface area contributed by atoms with E-state index in [2.05, 4.69) is 4.98 Å². The average Bonchev–Trinajstić information content (AvgIpc) is 3.39. The number of nitro benzene ring substituents is 1. The van der Waals surface area contributed by atoms with E-state index in [0.29, 0.717) is 5.75 Å². The number of esters is 1. The number of aliphatic hydroxyl groups excluding tert-OH is 1. The van der Waals surface area contributed by atoms with E-state index in [9.17, 15) is 29.6 Å². The molecule has 4 rings (SSSR count). The number of aliphatic hydroxyl groups is 1. The highest BCUT2D eigenvalue weighted by atomic mass is 32.1. The molecule has 1 amide bonds. The standard InChI is InChI=1S/C24H19N3O8S/c1-12-21(23(31)35-3)36-24(25-12)26-18(14-5-4-6-15(11-14)27(32)33)17(20(29)22(26)30)19(28)13-7-9-16(34-2)10-8-13/h4-11,18,28H,1-3H3/t18-/m0/s1. The summed E-state index contributed by atoms with van der Waals surface area (Å²) in [6.07, 6.45) is 0. The van der Waals surface area contributed by atoms with Gasteiger partial charge in [-0.1, -0.05) is 23.5 Å². The summed E-state index contributed by atoms with van der Waals surface area (Å²) < 4.78 is 9.88. The maximum atomic E-state index is 13.2. The lowest BCUT2D eigenvalue weighted by Gasteiger charge is -2.22. The van der Waals surface area contributed by atoms with Crippen LogP contribution in [0.15, 0.2) is 54.1 Å². The number of nitrogens with zero attached hydrogens (tertiary/aromatic N) is 3. The van der Waals surface area contributed by atoms with Gasteiger partial charge in [0.15, 0.2) is 5.13 Å². The van der Waals surface area contributed by atoms with Crippen LogP contribution < -0.4 is 9.64 Å². The Hall–Kier alpha value is -4.58. The van der Waals surface area contributed by atoms with Gasteiger partial charge in [-0.3, -0.25) is 24.6 Å². The molecule has 0 unspecified atom stereocenters.